The lowest BCUT2D eigenvalue weighted by Crippen LogP contribution is -2.28. The Morgan fingerprint density at radius 1 is 1.27 bits per heavy atom. The Labute approximate surface area is 129 Å². The summed E-state index contributed by atoms with van der Waals surface area (Å²) >= 11 is 1.26. The SMILES string of the molecule is O=C1CC(NS(=O)(=O)c2ccccc2[N+](=O)[O-])c2ccsc21. The van der Waals surface area contributed by atoms with Gasteiger partial charge in [0, 0.05) is 12.5 Å². The summed E-state index contributed by atoms with van der Waals surface area (Å²) in [5, 5.41) is 12.7. The van der Waals surface area contributed by atoms with E-state index in [2.05, 4.69) is 4.72 Å². The first-order chi connectivity index (χ1) is 10.4. The summed E-state index contributed by atoms with van der Waals surface area (Å²) in [4.78, 5) is 22.2. The van der Waals surface area contributed by atoms with Gasteiger partial charge in [-0.25, -0.2) is 13.1 Å². The summed E-state index contributed by atoms with van der Waals surface area (Å²) in [7, 11) is -4.10. The van der Waals surface area contributed by atoms with Crippen molar-refractivity contribution >= 4 is 32.8 Å². The maximum absolute atomic E-state index is 12.4. The van der Waals surface area contributed by atoms with Crippen LogP contribution in [0.4, 0.5) is 5.69 Å². The molecule has 0 fully saturated rings. The van der Waals surface area contributed by atoms with Crippen LogP contribution in [0, 0.1) is 10.1 Å². The van der Waals surface area contributed by atoms with Crippen LogP contribution in [0.1, 0.15) is 27.7 Å². The number of nitro benzene ring substituents is 1. The first-order valence-electron chi connectivity index (χ1n) is 6.26. The molecule has 1 aromatic heterocycles. The highest BCUT2D eigenvalue weighted by atomic mass is 32.2. The van der Waals surface area contributed by atoms with Crippen LogP contribution in [-0.4, -0.2) is 19.1 Å². The molecule has 0 spiro atoms. The zero-order valence-corrected chi connectivity index (χ0v) is 12.7. The topological polar surface area (TPSA) is 106 Å². The Morgan fingerprint density at radius 3 is 2.73 bits per heavy atom. The summed E-state index contributed by atoms with van der Waals surface area (Å²) in [6, 6.07) is 6.12. The van der Waals surface area contributed by atoms with Crippen molar-refractivity contribution in [1.82, 2.24) is 4.72 Å². The van der Waals surface area contributed by atoms with Crippen molar-refractivity contribution in [3.8, 4) is 0 Å². The number of para-hydroxylation sites is 1. The second kappa shape index (κ2) is 5.27. The minimum absolute atomic E-state index is 0.0296. The number of nitrogens with zero attached hydrogens (tertiary/aromatic N) is 1. The van der Waals surface area contributed by atoms with Gasteiger partial charge in [0.25, 0.3) is 5.69 Å². The van der Waals surface area contributed by atoms with E-state index < -0.39 is 31.6 Å². The molecule has 0 aliphatic heterocycles. The maximum Gasteiger partial charge on any atom is 0.289 e. The molecule has 0 saturated heterocycles. The number of hydrogen-bond acceptors (Lipinski definition) is 6. The average Bonchev–Trinajstić information content (AvgIpc) is 3.04. The lowest BCUT2D eigenvalue weighted by Gasteiger charge is -2.12. The fraction of sp³-hybridized carbons (Fsp3) is 0.154. The fourth-order valence-electron chi connectivity index (χ4n) is 2.40. The zero-order chi connectivity index (χ0) is 15.9. The average molecular weight is 338 g/mol. The van der Waals surface area contributed by atoms with E-state index in [-0.39, 0.29) is 12.2 Å². The minimum Gasteiger partial charge on any atom is -0.293 e. The molecule has 114 valence electrons. The van der Waals surface area contributed by atoms with E-state index in [0.717, 1.165) is 6.07 Å². The van der Waals surface area contributed by atoms with E-state index in [4.69, 9.17) is 0 Å². The normalized spacial score (nSPS) is 17.5. The van der Waals surface area contributed by atoms with E-state index in [1.54, 1.807) is 11.4 Å². The molecule has 1 unspecified atom stereocenters. The predicted molar refractivity (Wildman–Crippen MR) is 79.4 cm³/mol. The van der Waals surface area contributed by atoms with Gasteiger partial charge in [-0.05, 0) is 23.1 Å². The van der Waals surface area contributed by atoms with Crippen LogP contribution in [-0.2, 0) is 10.0 Å². The number of nitrogens with one attached hydrogen (secondary N) is 1. The van der Waals surface area contributed by atoms with Gasteiger partial charge in [0.1, 0.15) is 0 Å². The monoisotopic (exact) mass is 338 g/mol. The molecule has 1 aromatic carbocycles. The number of fused-ring (bicyclic) bond motifs is 1. The van der Waals surface area contributed by atoms with Crippen molar-refractivity contribution in [3.63, 3.8) is 0 Å². The van der Waals surface area contributed by atoms with Gasteiger partial charge < -0.3 is 0 Å². The smallest absolute Gasteiger partial charge is 0.289 e. The van der Waals surface area contributed by atoms with E-state index >= 15 is 0 Å². The Bertz CT molecular complexity index is 872. The number of rotatable bonds is 4. The molecule has 7 nitrogen and oxygen atoms in total. The Morgan fingerprint density at radius 2 is 2.00 bits per heavy atom. The van der Waals surface area contributed by atoms with Gasteiger partial charge in [0.15, 0.2) is 10.7 Å². The van der Waals surface area contributed by atoms with Gasteiger partial charge in [0.2, 0.25) is 10.0 Å². The lowest BCUT2D eigenvalue weighted by atomic mass is 10.2. The summed E-state index contributed by atoms with van der Waals surface area (Å²) in [6.07, 6.45) is 0.0296. The summed E-state index contributed by atoms with van der Waals surface area (Å²) in [6.45, 7) is 0. The zero-order valence-electron chi connectivity index (χ0n) is 11.1. The Balaban J connectivity index is 1.97. The second-order valence-electron chi connectivity index (χ2n) is 4.73. The van der Waals surface area contributed by atoms with Crippen LogP contribution in [0.25, 0.3) is 0 Å². The third-order valence-electron chi connectivity index (χ3n) is 3.36. The van der Waals surface area contributed by atoms with Crippen LogP contribution in [0.2, 0.25) is 0 Å². The molecule has 0 radical (unpaired) electrons. The van der Waals surface area contributed by atoms with E-state index in [1.165, 1.54) is 29.5 Å². The van der Waals surface area contributed by atoms with Gasteiger partial charge in [-0.3, -0.25) is 14.9 Å². The van der Waals surface area contributed by atoms with Crippen molar-refractivity contribution < 1.29 is 18.1 Å². The number of Topliss-reactive ketones (excluding diaryl/α,β-unsaturated/α-hetero) is 1. The molecule has 0 bridgehead atoms. The standard InChI is InChI=1S/C13H10N2O5S2/c16-11-7-9(8-5-6-21-13(8)11)14-22(19,20)12-4-2-1-3-10(12)15(17)18/h1-6,9,14H,7H2. The summed E-state index contributed by atoms with van der Waals surface area (Å²) in [5.74, 6) is -0.125. The van der Waals surface area contributed by atoms with E-state index in [0.29, 0.717) is 10.4 Å². The molecule has 22 heavy (non-hydrogen) atoms. The van der Waals surface area contributed by atoms with Gasteiger partial charge in [-0.15, -0.1) is 11.3 Å². The van der Waals surface area contributed by atoms with Crippen molar-refractivity contribution in [2.45, 2.75) is 17.4 Å². The molecule has 1 heterocycles. The highest BCUT2D eigenvalue weighted by Crippen LogP contribution is 2.36. The molecule has 0 amide bonds. The third-order valence-corrected chi connectivity index (χ3v) is 5.85. The van der Waals surface area contributed by atoms with Crippen molar-refractivity contribution in [1.29, 1.82) is 0 Å². The van der Waals surface area contributed by atoms with E-state index in [1.807, 2.05) is 0 Å². The number of nitro groups is 1. The Kier molecular flexibility index (Phi) is 3.55. The first-order valence-corrected chi connectivity index (χ1v) is 8.63. The molecule has 0 saturated carbocycles. The fourth-order valence-corrected chi connectivity index (χ4v) is 4.70. The van der Waals surface area contributed by atoms with Gasteiger partial charge in [-0.1, -0.05) is 12.1 Å². The van der Waals surface area contributed by atoms with Crippen LogP contribution >= 0.6 is 11.3 Å². The highest BCUT2D eigenvalue weighted by Gasteiger charge is 2.35. The minimum atomic E-state index is -4.10. The number of benzene rings is 1. The molecular weight excluding hydrogens is 328 g/mol. The molecule has 1 aliphatic rings. The second-order valence-corrected chi connectivity index (χ2v) is 7.33. The largest absolute Gasteiger partial charge is 0.293 e. The Hall–Kier alpha value is -2.10. The van der Waals surface area contributed by atoms with Crippen LogP contribution in [0.3, 0.4) is 0 Å². The third kappa shape index (κ3) is 2.43. The lowest BCUT2D eigenvalue weighted by molar-refractivity contribution is -0.387. The number of carbonyl (C=O) groups excluding carboxylic acids is 1. The quantitative estimate of drug-likeness (QED) is 0.680. The predicted octanol–water partition coefficient (Wildman–Crippen LogP) is 2.26. The van der Waals surface area contributed by atoms with Gasteiger partial charge in [0.05, 0.1) is 15.8 Å². The number of thiophene rings is 1. The molecule has 1 N–H and O–H groups in total. The summed E-state index contributed by atoms with van der Waals surface area (Å²) in [5.41, 5.74) is 0.127. The highest BCUT2D eigenvalue weighted by molar-refractivity contribution is 7.89. The van der Waals surface area contributed by atoms with Crippen molar-refractivity contribution in [2.75, 3.05) is 0 Å². The van der Waals surface area contributed by atoms with Crippen LogP contribution < -0.4 is 4.72 Å². The first kappa shape index (κ1) is 14.8. The molecule has 2 aromatic rings. The molecular formula is C13H10N2O5S2. The van der Waals surface area contributed by atoms with Crippen LogP contribution in [0.5, 0.6) is 0 Å². The van der Waals surface area contributed by atoms with Gasteiger partial charge >= 0.3 is 0 Å². The van der Waals surface area contributed by atoms with E-state index in [9.17, 15) is 23.3 Å². The number of ketones is 1. The maximum atomic E-state index is 12.4. The molecule has 1 aliphatic carbocycles. The number of carbonyl (C=O) groups is 1. The molecule has 1 atom stereocenters. The number of sulfonamides is 1. The molecule has 9 heteroatoms. The van der Waals surface area contributed by atoms with Gasteiger partial charge in [-0.2, -0.15) is 0 Å². The molecule has 3 rings (SSSR count). The van der Waals surface area contributed by atoms with Crippen molar-refractivity contribution in [2.24, 2.45) is 0 Å². The summed E-state index contributed by atoms with van der Waals surface area (Å²) < 4.78 is 27.2. The van der Waals surface area contributed by atoms with Crippen LogP contribution in [0.15, 0.2) is 40.6 Å². The van der Waals surface area contributed by atoms with Crippen molar-refractivity contribution in [3.05, 3.63) is 56.3 Å². The number of hydrogen-bond donors (Lipinski definition) is 1.